The summed E-state index contributed by atoms with van der Waals surface area (Å²) >= 11 is -2.10. The second-order valence-corrected chi connectivity index (χ2v) is 20.5. The summed E-state index contributed by atoms with van der Waals surface area (Å²) in [7, 11) is 2.20. The summed E-state index contributed by atoms with van der Waals surface area (Å²) in [6.45, 7) is 4.53. The van der Waals surface area contributed by atoms with Gasteiger partial charge in [-0.05, 0) is 0 Å². The van der Waals surface area contributed by atoms with Gasteiger partial charge in [-0.1, -0.05) is 0 Å². The first-order chi connectivity index (χ1) is 14.3. The molecule has 0 aliphatic heterocycles. The quantitative estimate of drug-likeness (QED) is 0.126. The Morgan fingerprint density at radius 1 is 0.833 bits per heavy atom. The Labute approximate surface area is 179 Å². The number of aromatic nitrogens is 2. The Bertz CT molecular complexity index is 1650. The Hall–Kier alpha value is -2.59. The molecule has 30 heavy (non-hydrogen) atoms. The van der Waals surface area contributed by atoms with E-state index in [1.165, 1.54) is 60.1 Å². The molecule has 3 heterocycles. The van der Waals surface area contributed by atoms with E-state index in [1.807, 2.05) is 0 Å². The Balaban J connectivity index is 2.11. The van der Waals surface area contributed by atoms with E-state index in [0.717, 1.165) is 0 Å². The third-order valence-corrected chi connectivity index (χ3v) is 11.3. The van der Waals surface area contributed by atoms with Gasteiger partial charge < -0.3 is 0 Å². The second-order valence-electron chi connectivity index (χ2n) is 9.89. The van der Waals surface area contributed by atoms with E-state index < -0.39 is 13.3 Å². The molecular weight excluding hydrogens is 425 g/mol. The van der Waals surface area contributed by atoms with Crippen LogP contribution in [0.3, 0.4) is 0 Å². The zero-order valence-electron chi connectivity index (χ0n) is 18.6. The van der Waals surface area contributed by atoms with Crippen molar-refractivity contribution in [2.75, 3.05) is 0 Å². The van der Waals surface area contributed by atoms with Crippen molar-refractivity contribution >= 4 is 66.7 Å². The number of rotatable bonds is 1. The minimum absolute atomic E-state index is 1.34. The van der Waals surface area contributed by atoms with Crippen LogP contribution in [0.15, 0.2) is 54.7 Å². The molecule has 0 saturated heterocycles. The van der Waals surface area contributed by atoms with Crippen molar-refractivity contribution in [3.05, 3.63) is 65.9 Å². The summed E-state index contributed by atoms with van der Waals surface area (Å²) < 4.78 is 6.50. The zero-order chi connectivity index (χ0) is 20.9. The van der Waals surface area contributed by atoms with Crippen molar-refractivity contribution in [1.29, 1.82) is 0 Å². The van der Waals surface area contributed by atoms with Crippen molar-refractivity contribution in [3.63, 3.8) is 0 Å². The van der Waals surface area contributed by atoms with E-state index in [1.54, 1.807) is 4.40 Å². The van der Waals surface area contributed by atoms with Gasteiger partial charge in [-0.25, -0.2) is 0 Å². The van der Waals surface area contributed by atoms with Crippen LogP contribution in [0.25, 0.3) is 49.0 Å². The summed E-state index contributed by atoms with van der Waals surface area (Å²) in [5, 5.41) is 6.90. The molecule has 0 bridgehead atoms. The van der Waals surface area contributed by atoms with Crippen molar-refractivity contribution in [3.8, 4) is 0 Å². The first kappa shape index (κ1) is 18.2. The van der Waals surface area contributed by atoms with Crippen LogP contribution in [-0.2, 0) is 7.05 Å². The van der Waals surface area contributed by atoms with Gasteiger partial charge in [0.25, 0.3) is 0 Å². The van der Waals surface area contributed by atoms with Crippen LogP contribution >= 0.6 is 0 Å². The predicted octanol–water partition coefficient (Wildman–Crippen LogP) is 5.98. The van der Waals surface area contributed by atoms with Gasteiger partial charge in [0, 0.05) is 0 Å². The fraction of sp³-hybridized carbons (Fsp3) is 0.222. The summed E-state index contributed by atoms with van der Waals surface area (Å²) in [5.41, 5.74) is 8.24. The first-order valence-corrected chi connectivity index (χ1v) is 18.1. The number of fused-ring (bicyclic) bond motifs is 5. The number of nitrogens with zero attached hydrogens (tertiary/aromatic N) is 2. The van der Waals surface area contributed by atoms with Crippen molar-refractivity contribution < 1.29 is 4.57 Å². The fourth-order valence-electron chi connectivity index (χ4n) is 5.49. The molecule has 6 rings (SSSR count). The number of aryl methyl sites for hydroxylation is 3. The Morgan fingerprint density at radius 3 is 2.33 bits per heavy atom. The number of hydrogen-bond donors (Lipinski definition) is 0. The van der Waals surface area contributed by atoms with Gasteiger partial charge in [0.1, 0.15) is 0 Å². The van der Waals surface area contributed by atoms with Crippen molar-refractivity contribution in [2.24, 2.45) is 7.05 Å². The molecule has 2 nitrogen and oxygen atoms in total. The van der Waals surface area contributed by atoms with Gasteiger partial charge in [-0.3, -0.25) is 0 Å². The van der Waals surface area contributed by atoms with E-state index in [9.17, 15) is 0 Å². The van der Waals surface area contributed by atoms with Crippen LogP contribution in [0.1, 0.15) is 11.1 Å². The molecule has 0 atom stereocenters. The summed E-state index contributed by atoms with van der Waals surface area (Å²) in [6, 6.07) is 18.5. The third-order valence-electron chi connectivity index (χ3n) is 7.02. The van der Waals surface area contributed by atoms with Crippen molar-refractivity contribution in [1.82, 2.24) is 4.40 Å². The van der Waals surface area contributed by atoms with Gasteiger partial charge in [0.2, 0.25) is 0 Å². The molecule has 0 aliphatic rings. The van der Waals surface area contributed by atoms with E-state index in [0.29, 0.717) is 0 Å². The number of benzene rings is 3. The molecule has 0 saturated carbocycles. The van der Waals surface area contributed by atoms with Crippen LogP contribution in [0.4, 0.5) is 0 Å². The van der Waals surface area contributed by atoms with Crippen LogP contribution in [0, 0.1) is 13.8 Å². The molecule has 0 aliphatic carbocycles. The van der Waals surface area contributed by atoms with Gasteiger partial charge in [0.05, 0.1) is 0 Å². The van der Waals surface area contributed by atoms with Crippen LogP contribution in [0.2, 0.25) is 17.3 Å². The molecule has 0 radical (unpaired) electrons. The first-order valence-electron chi connectivity index (χ1n) is 10.8. The molecule has 0 fully saturated rings. The summed E-state index contributed by atoms with van der Waals surface area (Å²) in [5.74, 6) is 7.52. The van der Waals surface area contributed by atoms with E-state index in [-0.39, 0.29) is 0 Å². The minimum atomic E-state index is -2.10. The van der Waals surface area contributed by atoms with Crippen LogP contribution in [0.5, 0.6) is 0 Å². The van der Waals surface area contributed by atoms with Gasteiger partial charge >= 0.3 is 180 Å². The maximum atomic E-state index is 2.59. The van der Waals surface area contributed by atoms with Gasteiger partial charge in [-0.2, -0.15) is 0 Å². The summed E-state index contributed by atoms with van der Waals surface area (Å²) in [4.78, 5) is 0. The molecule has 0 N–H and O–H groups in total. The topological polar surface area (TPSA) is 8.29 Å². The Kier molecular flexibility index (Phi) is 3.50. The van der Waals surface area contributed by atoms with Crippen molar-refractivity contribution in [2.45, 2.75) is 31.1 Å². The molecule has 0 amide bonds. The maximum absolute atomic E-state index is 2.59. The summed E-state index contributed by atoms with van der Waals surface area (Å²) in [6.07, 6.45) is 2.24. The number of hydrogen-bond acceptors (Lipinski definition) is 0. The van der Waals surface area contributed by atoms with E-state index in [4.69, 9.17) is 0 Å². The molecule has 3 aromatic heterocycles. The molecular formula is C27H27GeN2+. The molecule has 0 unspecified atom stereocenters. The monoisotopic (exact) mass is 453 g/mol. The molecule has 0 spiro atoms. The second kappa shape index (κ2) is 5.76. The number of pyridine rings is 2. The molecule has 148 valence electrons. The molecule has 3 heteroatoms. The third kappa shape index (κ3) is 2.13. The molecule has 3 aromatic carbocycles. The average Bonchev–Trinajstić information content (AvgIpc) is 3.04. The van der Waals surface area contributed by atoms with E-state index in [2.05, 4.69) is 102 Å². The van der Waals surface area contributed by atoms with Gasteiger partial charge in [-0.15, -0.1) is 0 Å². The van der Waals surface area contributed by atoms with E-state index >= 15 is 0 Å². The number of para-hydroxylation sites is 1. The zero-order valence-corrected chi connectivity index (χ0v) is 20.7. The predicted molar refractivity (Wildman–Crippen MR) is 132 cm³/mol. The van der Waals surface area contributed by atoms with Crippen LogP contribution in [-0.4, -0.2) is 17.7 Å². The normalized spacial score (nSPS) is 13.0. The van der Waals surface area contributed by atoms with Gasteiger partial charge in [0.15, 0.2) is 0 Å². The standard InChI is InChI=1S/C27H27GeN2/c1-16-15-18-9-7-12-22-24(18)23(17(16)2)27-26-20(13-14-29(27)6)19-10-8-11-21(28(3,4)5)25(19)30(22)26/h7-15H,1-6H3/q+1. The van der Waals surface area contributed by atoms with Crippen LogP contribution < -0.4 is 8.96 Å². The molecule has 6 aromatic rings. The fourth-order valence-corrected chi connectivity index (χ4v) is 8.75. The average molecular weight is 452 g/mol. The SMILES string of the molecule is Cc1cc2cccc3c2c(c1C)c1c2c(cc[n+]1C)c1ccc[c]([Ge]([CH3])([CH3])[CH3])c1n32. The Morgan fingerprint density at radius 2 is 1.57 bits per heavy atom.